The van der Waals surface area contributed by atoms with Gasteiger partial charge in [0, 0.05) is 11.1 Å². The van der Waals surface area contributed by atoms with Gasteiger partial charge in [-0.1, -0.05) is 39.8 Å². The van der Waals surface area contributed by atoms with Gasteiger partial charge < -0.3 is 16.0 Å². The molecule has 222 valence electrons. The van der Waals surface area contributed by atoms with Crippen LogP contribution < -0.4 is 22.7 Å². The number of hydrogen-bond acceptors (Lipinski definition) is 6. The molecule has 2 aromatic rings. The van der Waals surface area contributed by atoms with Crippen LogP contribution in [0.4, 0.5) is 4.39 Å². The molecule has 1 aliphatic heterocycles. The lowest BCUT2D eigenvalue weighted by Gasteiger charge is -2.47. The Morgan fingerprint density at radius 2 is 1.66 bits per heavy atom. The van der Waals surface area contributed by atoms with E-state index in [1.807, 2.05) is 17.0 Å². The summed E-state index contributed by atoms with van der Waals surface area (Å²) in [6.45, 7) is 8.78. The van der Waals surface area contributed by atoms with Crippen molar-refractivity contribution in [2.24, 2.45) is 40.2 Å². The van der Waals surface area contributed by atoms with Crippen LogP contribution in [0.2, 0.25) is 0 Å². The summed E-state index contributed by atoms with van der Waals surface area (Å²) in [7, 11) is 0. The molecule has 41 heavy (non-hydrogen) atoms. The fourth-order valence-corrected chi connectivity index (χ4v) is 6.25. The number of hydrazine groups is 1. The van der Waals surface area contributed by atoms with E-state index in [0.29, 0.717) is 34.6 Å². The minimum atomic E-state index is -0.670. The second kappa shape index (κ2) is 13.8. The fourth-order valence-electron chi connectivity index (χ4n) is 6.25. The number of amidine groups is 1. The summed E-state index contributed by atoms with van der Waals surface area (Å²) >= 11 is 0. The van der Waals surface area contributed by atoms with E-state index in [9.17, 15) is 14.0 Å². The van der Waals surface area contributed by atoms with Gasteiger partial charge in [0.05, 0.1) is 12.6 Å². The van der Waals surface area contributed by atoms with E-state index in [-0.39, 0.29) is 36.1 Å². The van der Waals surface area contributed by atoms with E-state index >= 15 is 0 Å². The maximum Gasteiger partial charge on any atom is 0.275 e. The molecule has 1 spiro atoms. The Labute approximate surface area is 242 Å². The molecule has 4 rings (SSSR count). The van der Waals surface area contributed by atoms with Crippen LogP contribution in [0.1, 0.15) is 87.3 Å². The Balaban J connectivity index is 0.00000226. The van der Waals surface area contributed by atoms with Gasteiger partial charge in [0.2, 0.25) is 0 Å². The third-order valence-corrected chi connectivity index (χ3v) is 7.79. The van der Waals surface area contributed by atoms with Crippen molar-refractivity contribution < 1.29 is 14.0 Å². The van der Waals surface area contributed by atoms with Crippen molar-refractivity contribution >= 4 is 23.4 Å². The molecule has 10 heteroatoms. The number of nitrogens with two attached hydrogens (primary N) is 3. The number of halogens is 1. The molecule has 0 bridgehead atoms. The summed E-state index contributed by atoms with van der Waals surface area (Å²) in [5.74, 6) is 8.36. The van der Waals surface area contributed by atoms with E-state index in [1.165, 1.54) is 12.1 Å². The number of nitrogens with one attached hydrogen (secondary N) is 2. The van der Waals surface area contributed by atoms with E-state index in [4.69, 9.17) is 16.1 Å². The average molecular weight is 566 g/mol. The van der Waals surface area contributed by atoms with Crippen molar-refractivity contribution in [2.75, 3.05) is 6.54 Å². The topological polar surface area (TPSA) is 164 Å². The lowest BCUT2D eigenvalue weighted by Crippen LogP contribution is -2.52. The predicted octanol–water partition coefficient (Wildman–Crippen LogP) is 4.27. The number of nitrogens with zero attached hydrogens (tertiary/aromatic N) is 2. The summed E-state index contributed by atoms with van der Waals surface area (Å²) in [4.78, 5) is 34.0. The molecule has 8 N–H and O–H groups in total. The number of aliphatic imine (C=N–C) groups is 1. The average Bonchev–Trinajstić information content (AvgIpc) is 3.19. The Morgan fingerprint density at radius 1 is 1.07 bits per heavy atom. The highest BCUT2D eigenvalue weighted by molar-refractivity contribution is 6.46. The van der Waals surface area contributed by atoms with Crippen LogP contribution in [-0.4, -0.2) is 40.5 Å². The second-order valence-electron chi connectivity index (χ2n) is 11.8. The number of benzene rings is 2. The number of carbonyl (C=O) groups excluding carboxylic acids is 2. The summed E-state index contributed by atoms with van der Waals surface area (Å²) in [5, 5.41) is 9.98. The smallest absolute Gasteiger partial charge is 0.275 e. The monoisotopic (exact) mass is 565 g/mol. The lowest BCUT2D eigenvalue weighted by molar-refractivity contribution is -0.134. The van der Waals surface area contributed by atoms with Crippen LogP contribution in [0.3, 0.4) is 0 Å². The molecule has 3 unspecified atom stereocenters. The van der Waals surface area contributed by atoms with Crippen LogP contribution in [0, 0.1) is 29.0 Å². The third kappa shape index (κ3) is 7.56. The molecule has 0 aromatic heterocycles. The highest BCUT2D eigenvalue weighted by Crippen LogP contribution is 2.48. The first-order chi connectivity index (χ1) is 19.5. The molecule has 2 amide bonds. The van der Waals surface area contributed by atoms with Gasteiger partial charge in [-0.15, -0.1) is 0 Å². The summed E-state index contributed by atoms with van der Waals surface area (Å²) in [6, 6.07) is 13.1. The summed E-state index contributed by atoms with van der Waals surface area (Å²) in [6.07, 6.45) is 4.32. The number of amides is 2. The zero-order valence-electron chi connectivity index (χ0n) is 24.5. The van der Waals surface area contributed by atoms with Gasteiger partial charge in [0.1, 0.15) is 23.0 Å². The van der Waals surface area contributed by atoms with Gasteiger partial charge in [0.25, 0.3) is 11.8 Å². The Hall–Kier alpha value is -3.63. The molecule has 1 saturated carbocycles. The fraction of sp³-hybridized carbons (Fsp3) is 0.484. The second-order valence-corrected chi connectivity index (χ2v) is 11.8. The first kappa shape index (κ1) is 31.9. The highest BCUT2D eigenvalue weighted by Gasteiger charge is 2.53. The quantitative estimate of drug-likeness (QED) is 0.132. The minimum absolute atomic E-state index is 0.0116. The summed E-state index contributed by atoms with van der Waals surface area (Å²) < 4.78 is 13.7. The molecule has 1 fully saturated rings. The van der Waals surface area contributed by atoms with E-state index in [1.54, 1.807) is 24.3 Å². The van der Waals surface area contributed by atoms with E-state index in [0.717, 1.165) is 37.7 Å². The molecule has 0 radical (unpaired) electrons. The molecule has 0 saturated heterocycles. The standard InChI is InChI=1S/C31H40FN5O2.H4N2/c1-19(2)5-14-26(22-6-8-24(9-7-22)29(38)35-18-27(33)34)37-30(39)28(23-10-12-25(32)13-11-23)36-31(37)16-20(3)15-21(4)17-31;1-2/h6-13,19-21,26H,5,14-18H2,1-4H3,(H3,33,34)(H,35,38);1-2H2. The van der Waals surface area contributed by atoms with Crippen LogP contribution in [0.25, 0.3) is 0 Å². The van der Waals surface area contributed by atoms with Gasteiger partial charge in [0.15, 0.2) is 0 Å². The summed E-state index contributed by atoms with van der Waals surface area (Å²) in [5.41, 5.74) is 7.15. The van der Waals surface area contributed by atoms with Crippen molar-refractivity contribution in [3.05, 3.63) is 71.0 Å². The first-order valence-electron chi connectivity index (χ1n) is 14.2. The Bertz CT molecular complexity index is 1230. The zero-order valence-corrected chi connectivity index (χ0v) is 24.5. The molecule has 9 nitrogen and oxygen atoms in total. The highest BCUT2D eigenvalue weighted by atomic mass is 19.1. The van der Waals surface area contributed by atoms with Crippen LogP contribution >= 0.6 is 0 Å². The van der Waals surface area contributed by atoms with Crippen LogP contribution in [-0.2, 0) is 4.79 Å². The van der Waals surface area contributed by atoms with Gasteiger partial charge in [-0.25, -0.2) is 4.39 Å². The maximum absolute atomic E-state index is 14.3. The molecular formula is C31H44FN7O2. The zero-order chi connectivity index (χ0) is 30.3. The largest absolute Gasteiger partial charge is 0.386 e. The van der Waals surface area contributed by atoms with Crippen molar-refractivity contribution in [3.63, 3.8) is 0 Å². The normalized spacial score (nSPS) is 22.7. The van der Waals surface area contributed by atoms with Crippen LogP contribution in [0.5, 0.6) is 0 Å². The van der Waals surface area contributed by atoms with E-state index < -0.39 is 5.66 Å². The van der Waals surface area contributed by atoms with Crippen LogP contribution in [0.15, 0.2) is 53.5 Å². The number of carbonyl (C=O) groups is 2. The van der Waals surface area contributed by atoms with Crippen molar-refractivity contribution in [1.29, 1.82) is 5.41 Å². The van der Waals surface area contributed by atoms with Crippen molar-refractivity contribution in [1.82, 2.24) is 10.2 Å². The lowest BCUT2D eigenvalue weighted by atomic mass is 9.75. The molecule has 1 heterocycles. The Morgan fingerprint density at radius 3 is 2.20 bits per heavy atom. The minimum Gasteiger partial charge on any atom is -0.386 e. The van der Waals surface area contributed by atoms with Gasteiger partial charge in [-0.2, -0.15) is 0 Å². The predicted molar refractivity (Wildman–Crippen MR) is 161 cm³/mol. The number of rotatable bonds is 9. The molecular weight excluding hydrogens is 521 g/mol. The Kier molecular flexibility index (Phi) is 10.8. The molecule has 1 aliphatic carbocycles. The SMILES string of the molecule is CC(C)CCC(c1ccc(C(=O)NCC(=N)N)cc1)N1C(=O)C(c2ccc(F)cc2)=NC12CC(C)CC(C)C2.NN. The van der Waals surface area contributed by atoms with Gasteiger partial charge >= 0.3 is 0 Å². The molecule has 3 atom stereocenters. The molecule has 2 aliphatic rings. The third-order valence-electron chi connectivity index (χ3n) is 7.79. The van der Waals surface area contributed by atoms with Gasteiger partial charge in [-0.3, -0.25) is 31.7 Å². The first-order valence-corrected chi connectivity index (χ1v) is 14.2. The number of hydrogen-bond donors (Lipinski definition) is 5. The van der Waals surface area contributed by atoms with Crippen molar-refractivity contribution in [2.45, 2.75) is 71.5 Å². The maximum atomic E-state index is 14.3. The van der Waals surface area contributed by atoms with Gasteiger partial charge in [-0.05, 0) is 91.8 Å². The molecule has 2 aromatic carbocycles. The van der Waals surface area contributed by atoms with E-state index in [2.05, 4.69) is 44.7 Å². The van der Waals surface area contributed by atoms with Crippen molar-refractivity contribution in [3.8, 4) is 0 Å².